The molecule has 2 aliphatic carbocycles. The minimum atomic E-state index is -0.0574. The van der Waals surface area contributed by atoms with Crippen molar-refractivity contribution in [2.45, 2.75) is 52.2 Å². The molecule has 4 heteroatoms. The van der Waals surface area contributed by atoms with E-state index in [1.807, 2.05) is 12.1 Å². The molecule has 2 heterocycles. The number of nitrogens with zero attached hydrogens (tertiary/aromatic N) is 1. The average Bonchev–Trinajstić information content (AvgIpc) is 2.88. The predicted molar refractivity (Wildman–Crippen MR) is 96.6 cm³/mol. The number of carbonyl (C=O) groups is 1. The van der Waals surface area contributed by atoms with Crippen molar-refractivity contribution < 1.29 is 9.53 Å². The Bertz CT molecular complexity index is 672. The first-order valence-electron chi connectivity index (χ1n) is 9.59. The standard InChI is InChI=1S/C21H28N2O2/c1-14-4-3-7-21(2)11-19-16(10-18(14)21)17(20(24)25-19)13-23-12-15-5-8-22-9-6-15/h5-6,8-10,14,16-17,19,23H,3-4,7,11-13H2,1-2H3/t14-,16+,17-,19+,21+/m0/s1. The van der Waals surface area contributed by atoms with E-state index in [1.54, 1.807) is 18.0 Å². The molecule has 4 rings (SSSR count). The van der Waals surface area contributed by atoms with Gasteiger partial charge in [0.25, 0.3) is 0 Å². The normalized spacial score (nSPS) is 37.0. The number of carbonyl (C=O) groups excluding carboxylic acids is 1. The first-order chi connectivity index (χ1) is 12.1. The molecule has 25 heavy (non-hydrogen) atoms. The van der Waals surface area contributed by atoms with Crippen LogP contribution in [0.25, 0.3) is 0 Å². The van der Waals surface area contributed by atoms with Gasteiger partial charge < -0.3 is 10.1 Å². The van der Waals surface area contributed by atoms with Crippen LogP contribution in [0.3, 0.4) is 0 Å². The molecule has 0 unspecified atom stereocenters. The third-order valence-corrected chi connectivity index (χ3v) is 6.52. The van der Waals surface area contributed by atoms with Crippen LogP contribution in [0.1, 0.15) is 45.1 Å². The average molecular weight is 340 g/mol. The Hall–Kier alpha value is -1.68. The van der Waals surface area contributed by atoms with E-state index in [0.717, 1.165) is 13.0 Å². The molecule has 0 amide bonds. The quantitative estimate of drug-likeness (QED) is 0.673. The smallest absolute Gasteiger partial charge is 0.311 e. The molecule has 3 aliphatic rings. The van der Waals surface area contributed by atoms with Gasteiger partial charge in [0, 0.05) is 31.4 Å². The zero-order valence-corrected chi connectivity index (χ0v) is 15.2. The number of hydrogen-bond donors (Lipinski definition) is 1. The fourth-order valence-corrected chi connectivity index (χ4v) is 5.15. The summed E-state index contributed by atoms with van der Waals surface area (Å²) in [4.78, 5) is 16.5. The van der Waals surface area contributed by atoms with Gasteiger partial charge in [-0.25, -0.2) is 0 Å². The van der Waals surface area contributed by atoms with E-state index in [-0.39, 0.29) is 29.3 Å². The largest absolute Gasteiger partial charge is 0.461 e. The Balaban J connectivity index is 1.47. The van der Waals surface area contributed by atoms with Gasteiger partial charge in [-0.15, -0.1) is 0 Å². The molecular weight excluding hydrogens is 312 g/mol. The summed E-state index contributed by atoms with van der Waals surface area (Å²) < 4.78 is 5.80. The molecule has 1 saturated heterocycles. The fourth-order valence-electron chi connectivity index (χ4n) is 5.15. The Labute approximate surface area is 150 Å². The number of rotatable bonds is 4. The van der Waals surface area contributed by atoms with Crippen LogP contribution in [0.2, 0.25) is 0 Å². The third-order valence-electron chi connectivity index (χ3n) is 6.52. The number of hydrogen-bond acceptors (Lipinski definition) is 4. The van der Waals surface area contributed by atoms with Crippen LogP contribution in [-0.4, -0.2) is 23.6 Å². The van der Waals surface area contributed by atoms with Crippen LogP contribution in [0.4, 0.5) is 0 Å². The SMILES string of the molecule is C[C@H]1CCC[C@]2(C)C[C@H]3OC(=O)[C@@H](CNCc4ccncc4)[C@H]3C=C12. The van der Waals surface area contributed by atoms with E-state index in [2.05, 4.69) is 30.2 Å². The van der Waals surface area contributed by atoms with Gasteiger partial charge in [0.05, 0.1) is 5.92 Å². The lowest BCUT2D eigenvalue weighted by molar-refractivity contribution is -0.145. The lowest BCUT2D eigenvalue weighted by Crippen LogP contribution is -2.40. The summed E-state index contributed by atoms with van der Waals surface area (Å²) >= 11 is 0. The molecule has 0 bridgehead atoms. The van der Waals surface area contributed by atoms with E-state index < -0.39 is 0 Å². The number of pyridine rings is 1. The topological polar surface area (TPSA) is 51.2 Å². The molecule has 2 fully saturated rings. The lowest BCUT2D eigenvalue weighted by Gasteiger charge is -2.46. The van der Waals surface area contributed by atoms with Crippen molar-refractivity contribution in [3.63, 3.8) is 0 Å². The second-order valence-electron chi connectivity index (χ2n) is 8.33. The van der Waals surface area contributed by atoms with Gasteiger partial charge >= 0.3 is 5.97 Å². The first-order valence-corrected chi connectivity index (χ1v) is 9.59. The zero-order chi connectivity index (χ0) is 17.4. The molecule has 1 saturated carbocycles. The third kappa shape index (κ3) is 3.12. The van der Waals surface area contributed by atoms with Crippen molar-refractivity contribution in [3.05, 3.63) is 41.7 Å². The number of allylic oxidation sites excluding steroid dienone is 1. The highest BCUT2D eigenvalue weighted by Gasteiger charge is 2.51. The molecular formula is C21H28N2O2. The Morgan fingerprint density at radius 1 is 1.36 bits per heavy atom. The Morgan fingerprint density at radius 3 is 2.96 bits per heavy atom. The van der Waals surface area contributed by atoms with Crippen LogP contribution in [0, 0.1) is 23.2 Å². The van der Waals surface area contributed by atoms with Crippen molar-refractivity contribution >= 4 is 5.97 Å². The van der Waals surface area contributed by atoms with E-state index in [4.69, 9.17) is 4.74 Å². The fraction of sp³-hybridized carbons (Fsp3) is 0.619. The maximum absolute atomic E-state index is 12.5. The summed E-state index contributed by atoms with van der Waals surface area (Å²) in [5, 5.41) is 3.44. The van der Waals surface area contributed by atoms with Crippen molar-refractivity contribution in [1.82, 2.24) is 10.3 Å². The lowest BCUT2D eigenvalue weighted by atomic mass is 9.59. The van der Waals surface area contributed by atoms with Gasteiger partial charge in [0.2, 0.25) is 0 Å². The van der Waals surface area contributed by atoms with Crippen molar-refractivity contribution in [3.8, 4) is 0 Å². The molecule has 0 spiro atoms. The summed E-state index contributed by atoms with van der Waals surface area (Å²) in [6, 6.07) is 4.00. The first kappa shape index (κ1) is 16.8. The summed E-state index contributed by atoms with van der Waals surface area (Å²) in [6.45, 7) is 6.15. The van der Waals surface area contributed by atoms with Crippen molar-refractivity contribution in [2.24, 2.45) is 23.2 Å². The minimum Gasteiger partial charge on any atom is -0.461 e. The van der Waals surface area contributed by atoms with Crippen LogP contribution >= 0.6 is 0 Å². The van der Waals surface area contributed by atoms with E-state index >= 15 is 0 Å². The summed E-state index contributed by atoms with van der Waals surface area (Å²) in [6.07, 6.45) is 10.9. The minimum absolute atomic E-state index is 0.0241. The summed E-state index contributed by atoms with van der Waals surface area (Å²) in [5.74, 6) is 0.795. The van der Waals surface area contributed by atoms with Gasteiger partial charge in [-0.2, -0.15) is 0 Å². The van der Waals surface area contributed by atoms with Crippen molar-refractivity contribution in [2.75, 3.05) is 6.54 Å². The summed E-state index contributed by atoms with van der Waals surface area (Å²) in [7, 11) is 0. The highest BCUT2D eigenvalue weighted by molar-refractivity contribution is 5.76. The second kappa shape index (κ2) is 6.56. The predicted octanol–water partition coefficient (Wildman–Crippen LogP) is 3.49. The van der Waals surface area contributed by atoms with E-state index in [9.17, 15) is 4.79 Å². The molecule has 0 radical (unpaired) electrons. The summed E-state index contributed by atoms with van der Waals surface area (Å²) in [5.41, 5.74) is 3.00. The Morgan fingerprint density at radius 2 is 2.16 bits per heavy atom. The number of ether oxygens (including phenoxy) is 1. The van der Waals surface area contributed by atoms with Gasteiger partial charge in [-0.1, -0.05) is 31.9 Å². The van der Waals surface area contributed by atoms with Gasteiger partial charge in [0.1, 0.15) is 6.10 Å². The molecule has 1 aromatic rings. The van der Waals surface area contributed by atoms with Gasteiger partial charge in [0.15, 0.2) is 0 Å². The molecule has 1 N–H and O–H groups in total. The Kier molecular flexibility index (Phi) is 4.40. The monoisotopic (exact) mass is 340 g/mol. The number of fused-ring (bicyclic) bond motifs is 2. The van der Waals surface area contributed by atoms with Gasteiger partial charge in [-0.05, 0) is 48.3 Å². The number of nitrogens with one attached hydrogen (secondary N) is 1. The highest BCUT2D eigenvalue weighted by atomic mass is 16.6. The molecule has 1 aromatic heterocycles. The number of esters is 1. The number of aromatic nitrogens is 1. The molecule has 134 valence electrons. The van der Waals surface area contributed by atoms with E-state index in [0.29, 0.717) is 12.5 Å². The molecule has 0 aromatic carbocycles. The highest BCUT2D eigenvalue weighted by Crippen LogP contribution is 2.53. The van der Waals surface area contributed by atoms with E-state index in [1.165, 1.54) is 24.8 Å². The zero-order valence-electron chi connectivity index (χ0n) is 15.2. The molecule has 4 nitrogen and oxygen atoms in total. The van der Waals surface area contributed by atoms with Crippen LogP contribution < -0.4 is 5.32 Å². The molecule has 1 aliphatic heterocycles. The maximum Gasteiger partial charge on any atom is 0.311 e. The molecule has 5 atom stereocenters. The second-order valence-corrected chi connectivity index (χ2v) is 8.33. The van der Waals surface area contributed by atoms with Crippen LogP contribution in [0.15, 0.2) is 36.2 Å². The van der Waals surface area contributed by atoms with Crippen LogP contribution in [0.5, 0.6) is 0 Å². The van der Waals surface area contributed by atoms with Crippen LogP contribution in [-0.2, 0) is 16.1 Å². The maximum atomic E-state index is 12.5. The van der Waals surface area contributed by atoms with Crippen molar-refractivity contribution in [1.29, 1.82) is 0 Å². The van der Waals surface area contributed by atoms with Gasteiger partial charge in [-0.3, -0.25) is 9.78 Å².